The van der Waals surface area contributed by atoms with Crippen molar-refractivity contribution in [2.45, 2.75) is 32.8 Å². The van der Waals surface area contributed by atoms with Crippen molar-refractivity contribution in [1.29, 1.82) is 0 Å². The average molecular weight is 232 g/mol. The number of ether oxygens (including phenoxy) is 1. The Balaban J connectivity index is 2.02. The van der Waals surface area contributed by atoms with Crippen LogP contribution in [0.15, 0.2) is 18.2 Å². The third kappa shape index (κ3) is 2.78. The monoisotopic (exact) mass is 232 g/mol. The molecule has 1 radical (unpaired) electrons. The predicted molar refractivity (Wildman–Crippen MR) is 67.9 cm³/mol. The van der Waals surface area contributed by atoms with E-state index in [-0.39, 0.29) is 6.10 Å². The molecule has 3 nitrogen and oxygen atoms in total. The van der Waals surface area contributed by atoms with E-state index < -0.39 is 0 Å². The van der Waals surface area contributed by atoms with Crippen LogP contribution in [0, 0.1) is 13.8 Å². The number of aryl methyl sites for hydroxylation is 2. The number of rotatable bonds is 3. The Bertz CT molecular complexity index is 395. The number of hydrogen-bond donors (Lipinski definition) is 0. The maximum atomic E-state index is 10.2. The second kappa shape index (κ2) is 5.21. The average Bonchev–Trinajstić information content (AvgIpc) is 2.31. The van der Waals surface area contributed by atoms with E-state index in [1.54, 1.807) is 6.47 Å². The van der Waals surface area contributed by atoms with Gasteiger partial charge >= 0.3 is 6.47 Å². The van der Waals surface area contributed by atoms with Crippen LogP contribution in [0.3, 0.4) is 0 Å². The summed E-state index contributed by atoms with van der Waals surface area (Å²) in [7, 11) is 0. The smallest absolute Gasteiger partial charge is 0.417 e. The van der Waals surface area contributed by atoms with Crippen molar-refractivity contribution in [3.63, 3.8) is 0 Å². The molecule has 0 aliphatic carbocycles. The Morgan fingerprint density at radius 1 is 1.29 bits per heavy atom. The highest BCUT2D eigenvalue weighted by Crippen LogP contribution is 2.25. The van der Waals surface area contributed by atoms with Crippen LogP contribution in [0.1, 0.15) is 24.0 Å². The van der Waals surface area contributed by atoms with Gasteiger partial charge < -0.3 is 9.64 Å². The molecule has 1 aliphatic rings. The first kappa shape index (κ1) is 12.0. The van der Waals surface area contributed by atoms with Crippen molar-refractivity contribution < 1.29 is 9.53 Å². The normalized spacial score (nSPS) is 16.9. The van der Waals surface area contributed by atoms with Crippen LogP contribution >= 0.6 is 0 Å². The van der Waals surface area contributed by atoms with E-state index in [1.807, 2.05) is 0 Å². The first-order valence-corrected chi connectivity index (χ1v) is 6.05. The molecular formula is C14H18NO2. The van der Waals surface area contributed by atoms with E-state index in [9.17, 15) is 4.79 Å². The van der Waals surface area contributed by atoms with Gasteiger partial charge in [-0.05, 0) is 25.5 Å². The van der Waals surface area contributed by atoms with Gasteiger partial charge in [0.15, 0.2) is 0 Å². The molecule has 1 aromatic carbocycles. The van der Waals surface area contributed by atoms with Gasteiger partial charge in [-0.25, -0.2) is 4.79 Å². The molecule has 3 heteroatoms. The lowest BCUT2D eigenvalue weighted by molar-refractivity contribution is 0.149. The second-order valence-corrected chi connectivity index (χ2v) is 4.68. The molecule has 1 aromatic rings. The molecule has 1 heterocycles. The Morgan fingerprint density at radius 3 is 2.59 bits per heavy atom. The highest BCUT2D eigenvalue weighted by atomic mass is 16.5. The molecule has 0 spiro atoms. The standard InChI is InChI=1S/C14H18NO2/c1-11-3-4-14(12(2)9-11)15-7-5-13(6-8-15)17-10-16/h3-4,9,13H,5-8H2,1-2H3. The van der Waals surface area contributed by atoms with Crippen LogP contribution in [0.2, 0.25) is 0 Å². The molecule has 91 valence electrons. The zero-order valence-corrected chi connectivity index (χ0v) is 10.4. The highest BCUT2D eigenvalue weighted by molar-refractivity contribution is 5.54. The molecule has 2 rings (SSSR count). The number of carbonyl (C=O) groups excluding carboxylic acids is 1. The Morgan fingerprint density at radius 2 is 2.00 bits per heavy atom. The lowest BCUT2D eigenvalue weighted by Crippen LogP contribution is -2.37. The van der Waals surface area contributed by atoms with Crippen molar-refractivity contribution >= 4 is 12.2 Å². The van der Waals surface area contributed by atoms with Crippen molar-refractivity contribution in [1.82, 2.24) is 0 Å². The summed E-state index contributed by atoms with van der Waals surface area (Å²) in [5, 5.41) is 0. The van der Waals surface area contributed by atoms with Gasteiger partial charge in [-0.3, -0.25) is 0 Å². The lowest BCUT2D eigenvalue weighted by atomic mass is 10.0. The van der Waals surface area contributed by atoms with Gasteiger partial charge in [0.25, 0.3) is 0 Å². The van der Waals surface area contributed by atoms with Gasteiger partial charge in [-0.15, -0.1) is 0 Å². The number of benzene rings is 1. The minimum atomic E-state index is 0.0505. The summed E-state index contributed by atoms with van der Waals surface area (Å²) in [6, 6.07) is 6.53. The summed E-state index contributed by atoms with van der Waals surface area (Å²) < 4.78 is 4.88. The molecule has 1 aliphatic heterocycles. The third-order valence-corrected chi connectivity index (χ3v) is 3.35. The molecule has 1 fully saturated rings. The first-order valence-electron chi connectivity index (χ1n) is 6.05. The Hall–Kier alpha value is -1.51. The van der Waals surface area contributed by atoms with Gasteiger partial charge in [-0.2, -0.15) is 0 Å². The summed E-state index contributed by atoms with van der Waals surface area (Å²) in [6.45, 7) is 7.67. The van der Waals surface area contributed by atoms with Gasteiger partial charge in [0.05, 0.1) is 0 Å². The van der Waals surface area contributed by atoms with Crippen LogP contribution in [-0.2, 0) is 9.53 Å². The minimum Gasteiger partial charge on any atom is -0.454 e. The molecular weight excluding hydrogens is 214 g/mol. The summed E-state index contributed by atoms with van der Waals surface area (Å²) in [6.07, 6.45) is 1.83. The predicted octanol–water partition coefficient (Wildman–Crippen LogP) is 2.36. The fourth-order valence-electron chi connectivity index (χ4n) is 2.44. The maximum Gasteiger partial charge on any atom is 0.417 e. The largest absolute Gasteiger partial charge is 0.454 e. The number of hydrogen-bond acceptors (Lipinski definition) is 3. The fraction of sp³-hybridized carbons (Fsp3) is 0.500. The molecule has 0 N–H and O–H groups in total. The quantitative estimate of drug-likeness (QED) is 0.801. The van der Waals surface area contributed by atoms with E-state index in [2.05, 4.69) is 36.9 Å². The summed E-state index contributed by atoms with van der Waals surface area (Å²) in [5.41, 5.74) is 3.90. The SMILES string of the molecule is Cc1ccc(N2CCC(O[C]=O)CC2)c(C)c1. The van der Waals surface area contributed by atoms with Crippen molar-refractivity contribution in [2.24, 2.45) is 0 Å². The van der Waals surface area contributed by atoms with Crippen molar-refractivity contribution in [3.05, 3.63) is 29.3 Å². The van der Waals surface area contributed by atoms with E-state index in [0.717, 1.165) is 25.9 Å². The van der Waals surface area contributed by atoms with Crippen LogP contribution in [-0.4, -0.2) is 25.7 Å². The van der Waals surface area contributed by atoms with Crippen molar-refractivity contribution in [2.75, 3.05) is 18.0 Å². The summed E-state index contributed by atoms with van der Waals surface area (Å²) in [5.74, 6) is 0. The molecule has 17 heavy (non-hydrogen) atoms. The van der Waals surface area contributed by atoms with Gasteiger partial charge in [-0.1, -0.05) is 17.7 Å². The van der Waals surface area contributed by atoms with E-state index >= 15 is 0 Å². The van der Waals surface area contributed by atoms with E-state index in [1.165, 1.54) is 16.8 Å². The molecule has 0 bridgehead atoms. The van der Waals surface area contributed by atoms with Gasteiger partial charge in [0, 0.05) is 31.6 Å². The molecule has 0 aromatic heterocycles. The number of anilines is 1. The van der Waals surface area contributed by atoms with Crippen LogP contribution in [0.5, 0.6) is 0 Å². The lowest BCUT2D eigenvalue weighted by Gasteiger charge is -2.33. The molecule has 0 atom stereocenters. The highest BCUT2D eigenvalue weighted by Gasteiger charge is 2.21. The zero-order chi connectivity index (χ0) is 12.3. The van der Waals surface area contributed by atoms with E-state index in [0.29, 0.717) is 0 Å². The number of piperidine rings is 1. The van der Waals surface area contributed by atoms with Gasteiger partial charge in [0.2, 0.25) is 0 Å². The van der Waals surface area contributed by atoms with Crippen LogP contribution in [0.4, 0.5) is 5.69 Å². The third-order valence-electron chi connectivity index (χ3n) is 3.35. The number of nitrogens with zero attached hydrogens (tertiary/aromatic N) is 1. The summed E-state index contributed by atoms with van der Waals surface area (Å²) in [4.78, 5) is 12.5. The summed E-state index contributed by atoms with van der Waals surface area (Å²) >= 11 is 0. The Labute approximate surface area is 102 Å². The Kier molecular flexibility index (Phi) is 3.67. The fourth-order valence-corrected chi connectivity index (χ4v) is 2.44. The second-order valence-electron chi connectivity index (χ2n) is 4.68. The van der Waals surface area contributed by atoms with Gasteiger partial charge in [0.1, 0.15) is 6.10 Å². The first-order chi connectivity index (χ1) is 8.20. The van der Waals surface area contributed by atoms with Crippen molar-refractivity contribution in [3.8, 4) is 0 Å². The maximum absolute atomic E-state index is 10.2. The zero-order valence-electron chi connectivity index (χ0n) is 10.4. The molecule has 0 unspecified atom stereocenters. The minimum absolute atomic E-state index is 0.0505. The molecule has 0 amide bonds. The molecule has 1 saturated heterocycles. The van der Waals surface area contributed by atoms with Crippen LogP contribution in [0.25, 0.3) is 0 Å². The molecule has 0 saturated carbocycles. The topological polar surface area (TPSA) is 29.5 Å². The van der Waals surface area contributed by atoms with Crippen LogP contribution < -0.4 is 4.90 Å². The van der Waals surface area contributed by atoms with E-state index in [4.69, 9.17) is 4.74 Å².